The van der Waals surface area contributed by atoms with Gasteiger partial charge >= 0.3 is 5.97 Å². The maximum atomic E-state index is 12.8. The molecule has 1 aliphatic carbocycles. The van der Waals surface area contributed by atoms with Gasteiger partial charge in [-0.05, 0) is 36.1 Å². The Bertz CT molecular complexity index is 370. The lowest BCUT2D eigenvalue weighted by Gasteiger charge is -1.98. The molecule has 0 unspecified atom stereocenters. The molecule has 0 aromatic heterocycles. The van der Waals surface area contributed by atoms with Crippen molar-refractivity contribution in [2.75, 3.05) is 0 Å². The summed E-state index contributed by atoms with van der Waals surface area (Å²) in [6, 6.07) is 2.18. The van der Waals surface area contributed by atoms with Gasteiger partial charge in [0.25, 0.3) is 0 Å². The second-order valence-electron chi connectivity index (χ2n) is 3.48. The van der Waals surface area contributed by atoms with Crippen LogP contribution in [0.3, 0.4) is 0 Å². The number of carboxylic acid groups (broad SMARTS) is 1. The third kappa shape index (κ3) is 1.36. The molecule has 1 aromatic rings. The van der Waals surface area contributed by atoms with E-state index in [1.165, 1.54) is 0 Å². The number of halogens is 2. The van der Waals surface area contributed by atoms with Gasteiger partial charge in [0.15, 0.2) is 11.6 Å². The average molecular weight is 198 g/mol. The molecule has 0 bridgehead atoms. The lowest BCUT2D eigenvalue weighted by molar-refractivity contribution is -0.141. The first kappa shape index (κ1) is 9.12. The van der Waals surface area contributed by atoms with Crippen LogP contribution in [0.5, 0.6) is 0 Å². The van der Waals surface area contributed by atoms with Crippen LogP contribution in [-0.4, -0.2) is 11.1 Å². The minimum Gasteiger partial charge on any atom is -0.481 e. The largest absolute Gasteiger partial charge is 0.481 e. The predicted molar refractivity (Wildman–Crippen MR) is 44.9 cm³/mol. The van der Waals surface area contributed by atoms with Crippen molar-refractivity contribution in [3.8, 4) is 0 Å². The van der Waals surface area contributed by atoms with Crippen LogP contribution in [0.1, 0.15) is 11.1 Å². The molecule has 0 saturated carbocycles. The van der Waals surface area contributed by atoms with Gasteiger partial charge in [-0.25, -0.2) is 8.78 Å². The van der Waals surface area contributed by atoms with Crippen molar-refractivity contribution in [3.05, 3.63) is 34.9 Å². The van der Waals surface area contributed by atoms with Gasteiger partial charge in [0, 0.05) is 0 Å². The quantitative estimate of drug-likeness (QED) is 0.746. The van der Waals surface area contributed by atoms with Crippen LogP contribution in [0.2, 0.25) is 0 Å². The molecule has 0 amide bonds. The topological polar surface area (TPSA) is 37.3 Å². The van der Waals surface area contributed by atoms with E-state index in [0.717, 1.165) is 12.1 Å². The molecular formula is C10H8F2O2. The van der Waals surface area contributed by atoms with Gasteiger partial charge in [0.05, 0.1) is 5.92 Å². The van der Waals surface area contributed by atoms with E-state index in [1.807, 2.05) is 0 Å². The molecule has 0 spiro atoms. The van der Waals surface area contributed by atoms with E-state index in [0.29, 0.717) is 24.0 Å². The SMILES string of the molecule is O=C(O)C1Cc2cc(F)c(F)cc2C1. The Morgan fingerprint density at radius 3 is 2.00 bits per heavy atom. The first-order valence-electron chi connectivity index (χ1n) is 4.27. The maximum Gasteiger partial charge on any atom is 0.307 e. The van der Waals surface area contributed by atoms with Crippen LogP contribution >= 0.6 is 0 Å². The van der Waals surface area contributed by atoms with E-state index in [9.17, 15) is 13.6 Å². The highest BCUT2D eigenvalue weighted by Gasteiger charge is 2.28. The molecular weight excluding hydrogens is 190 g/mol. The van der Waals surface area contributed by atoms with Crippen molar-refractivity contribution in [3.63, 3.8) is 0 Å². The highest BCUT2D eigenvalue weighted by atomic mass is 19.2. The zero-order chi connectivity index (χ0) is 10.3. The van der Waals surface area contributed by atoms with Crippen LogP contribution in [0.15, 0.2) is 12.1 Å². The van der Waals surface area contributed by atoms with Crippen molar-refractivity contribution in [1.82, 2.24) is 0 Å². The minimum atomic E-state index is -0.915. The van der Waals surface area contributed by atoms with E-state index >= 15 is 0 Å². The molecule has 14 heavy (non-hydrogen) atoms. The Morgan fingerprint density at radius 2 is 1.64 bits per heavy atom. The van der Waals surface area contributed by atoms with Crippen LogP contribution in [0, 0.1) is 17.6 Å². The molecule has 0 fully saturated rings. The summed E-state index contributed by atoms with van der Waals surface area (Å²) in [5.74, 6) is -3.27. The summed E-state index contributed by atoms with van der Waals surface area (Å²) in [5.41, 5.74) is 1.22. The molecule has 0 aliphatic heterocycles. The van der Waals surface area contributed by atoms with Crippen molar-refractivity contribution in [2.24, 2.45) is 5.92 Å². The van der Waals surface area contributed by atoms with Crippen molar-refractivity contribution in [1.29, 1.82) is 0 Å². The molecule has 1 aliphatic rings. The summed E-state index contributed by atoms with van der Waals surface area (Å²) in [4.78, 5) is 10.7. The summed E-state index contributed by atoms with van der Waals surface area (Å²) < 4.78 is 25.6. The Morgan fingerprint density at radius 1 is 1.21 bits per heavy atom. The first-order valence-corrected chi connectivity index (χ1v) is 4.27. The van der Waals surface area contributed by atoms with Gasteiger partial charge in [-0.2, -0.15) is 0 Å². The first-order chi connectivity index (χ1) is 6.58. The number of aliphatic carboxylic acids is 1. The monoisotopic (exact) mass is 198 g/mol. The maximum absolute atomic E-state index is 12.8. The smallest absolute Gasteiger partial charge is 0.307 e. The van der Waals surface area contributed by atoms with Gasteiger partial charge < -0.3 is 5.11 Å². The van der Waals surface area contributed by atoms with E-state index in [2.05, 4.69) is 0 Å². The molecule has 1 aromatic carbocycles. The molecule has 2 nitrogen and oxygen atoms in total. The Hall–Kier alpha value is -1.45. The second-order valence-corrected chi connectivity index (χ2v) is 3.48. The van der Waals surface area contributed by atoms with Gasteiger partial charge in [-0.15, -0.1) is 0 Å². The number of hydrogen-bond donors (Lipinski definition) is 1. The molecule has 0 heterocycles. The van der Waals surface area contributed by atoms with E-state index < -0.39 is 23.5 Å². The highest BCUT2D eigenvalue weighted by molar-refractivity contribution is 5.72. The van der Waals surface area contributed by atoms with Crippen LogP contribution < -0.4 is 0 Å². The molecule has 0 saturated heterocycles. The van der Waals surface area contributed by atoms with Gasteiger partial charge in [-0.3, -0.25) is 4.79 Å². The van der Waals surface area contributed by atoms with E-state index in [4.69, 9.17) is 5.11 Å². The zero-order valence-electron chi connectivity index (χ0n) is 7.26. The average Bonchev–Trinajstić information content (AvgIpc) is 2.48. The fourth-order valence-electron chi connectivity index (χ4n) is 1.79. The number of benzene rings is 1. The summed E-state index contributed by atoms with van der Waals surface area (Å²) >= 11 is 0. The lowest BCUT2D eigenvalue weighted by Crippen LogP contribution is -2.12. The van der Waals surface area contributed by atoms with Crippen LogP contribution in [0.25, 0.3) is 0 Å². The Labute approximate surface area is 79.2 Å². The number of rotatable bonds is 1. The number of carbonyl (C=O) groups is 1. The molecule has 1 N–H and O–H groups in total. The molecule has 74 valence electrons. The Kier molecular flexibility index (Phi) is 1.98. The molecule has 4 heteroatoms. The molecule has 2 rings (SSSR count). The highest BCUT2D eigenvalue weighted by Crippen LogP contribution is 2.28. The van der Waals surface area contributed by atoms with Crippen LogP contribution in [0.4, 0.5) is 8.78 Å². The minimum absolute atomic E-state index is 0.294. The fourth-order valence-corrected chi connectivity index (χ4v) is 1.79. The number of hydrogen-bond acceptors (Lipinski definition) is 1. The third-order valence-electron chi connectivity index (χ3n) is 2.52. The second kappa shape index (κ2) is 3.04. The van der Waals surface area contributed by atoms with E-state index in [-0.39, 0.29) is 0 Å². The standard InChI is InChI=1S/C10H8F2O2/c11-8-3-5-1-7(10(13)14)2-6(5)4-9(8)12/h3-4,7H,1-2H2,(H,13,14). The summed E-state index contributed by atoms with van der Waals surface area (Å²) in [6.45, 7) is 0. The summed E-state index contributed by atoms with van der Waals surface area (Å²) in [6.07, 6.45) is 0.587. The lowest BCUT2D eigenvalue weighted by atomic mass is 10.1. The normalized spacial score (nSPS) is 15.6. The van der Waals surface area contributed by atoms with Crippen molar-refractivity contribution >= 4 is 5.97 Å². The fraction of sp³-hybridized carbons (Fsp3) is 0.300. The van der Waals surface area contributed by atoms with Gasteiger partial charge in [-0.1, -0.05) is 0 Å². The van der Waals surface area contributed by atoms with E-state index in [1.54, 1.807) is 0 Å². The summed E-state index contributed by atoms with van der Waals surface area (Å²) in [7, 11) is 0. The van der Waals surface area contributed by atoms with Gasteiger partial charge in [0.2, 0.25) is 0 Å². The third-order valence-corrected chi connectivity index (χ3v) is 2.52. The zero-order valence-corrected chi connectivity index (χ0v) is 7.26. The van der Waals surface area contributed by atoms with Crippen LogP contribution in [-0.2, 0) is 17.6 Å². The molecule has 0 radical (unpaired) electrons. The number of fused-ring (bicyclic) bond motifs is 1. The number of carboxylic acids is 1. The van der Waals surface area contributed by atoms with Gasteiger partial charge in [0.1, 0.15) is 0 Å². The summed E-state index contributed by atoms with van der Waals surface area (Å²) in [5, 5.41) is 8.74. The molecule has 0 atom stereocenters. The van der Waals surface area contributed by atoms with Crippen molar-refractivity contribution < 1.29 is 18.7 Å². The predicted octanol–water partition coefficient (Wildman–Crippen LogP) is 1.76. The van der Waals surface area contributed by atoms with Crippen molar-refractivity contribution in [2.45, 2.75) is 12.8 Å². The Balaban J connectivity index is 2.36.